The zero-order valence-electron chi connectivity index (χ0n) is 11.8. The van der Waals surface area contributed by atoms with Crippen LogP contribution in [-0.2, 0) is 9.47 Å². The average Bonchev–Trinajstić information content (AvgIpc) is 2.86. The van der Waals surface area contributed by atoms with Crippen LogP contribution in [0.25, 0.3) is 0 Å². The first-order valence-corrected chi connectivity index (χ1v) is 8.03. The molecule has 1 aromatic rings. The molecule has 1 aromatic carbocycles. The van der Waals surface area contributed by atoms with Crippen molar-refractivity contribution in [1.82, 2.24) is 0 Å². The number of alkyl halides is 1. The molecule has 0 saturated carbocycles. The molecule has 0 spiro atoms. The Morgan fingerprint density at radius 1 is 1.45 bits per heavy atom. The first kappa shape index (κ1) is 16.1. The van der Waals surface area contributed by atoms with E-state index in [1.165, 1.54) is 0 Å². The molecule has 1 aliphatic rings. The van der Waals surface area contributed by atoms with Gasteiger partial charge in [-0.2, -0.15) is 0 Å². The average molecular weight is 364 g/mol. The van der Waals surface area contributed by atoms with Crippen molar-refractivity contribution in [3.63, 3.8) is 0 Å². The normalized spacial score (nSPS) is 23.8. The minimum Gasteiger partial charge on any atom is -0.490 e. The van der Waals surface area contributed by atoms with Gasteiger partial charge in [0.25, 0.3) is 0 Å². The predicted octanol–water partition coefficient (Wildman–Crippen LogP) is 4.18. The van der Waals surface area contributed by atoms with Gasteiger partial charge in [0.15, 0.2) is 0 Å². The van der Waals surface area contributed by atoms with Gasteiger partial charge in [0, 0.05) is 13.7 Å². The molecule has 112 valence electrons. The molecule has 2 rings (SSSR count). The van der Waals surface area contributed by atoms with E-state index < -0.39 is 0 Å². The monoisotopic (exact) mass is 362 g/mol. The first-order valence-electron chi connectivity index (χ1n) is 6.80. The van der Waals surface area contributed by atoms with Crippen molar-refractivity contribution in [3.8, 4) is 5.75 Å². The summed E-state index contributed by atoms with van der Waals surface area (Å²) < 4.78 is 17.2. The zero-order valence-corrected chi connectivity index (χ0v) is 14.1. The second-order valence-corrected chi connectivity index (χ2v) is 6.36. The summed E-state index contributed by atoms with van der Waals surface area (Å²) in [5.41, 5.74) is 1.05. The smallest absolute Gasteiger partial charge is 0.133 e. The summed E-state index contributed by atoms with van der Waals surface area (Å²) in [6.07, 6.45) is 1.16. The van der Waals surface area contributed by atoms with E-state index in [9.17, 15) is 0 Å². The van der Waals surface area contributed by atoms with Crippen molar-refractivity contribution in [1.29, 1.82) is 0 Å². The minimum absolute atomic E-state index is 0.0869. The van der Waals surface area contributed by atoms with E-state index in [4.69, 9.17) is 25.8 Å². The number of hydrogen-bond donors (Lipinski definition) is 0. The Morgan fingerprint density at radius 2 is 2.25 bits per heavy atom. The van der Waals surface area contributed by atoms with Gasteiger partial charge < -0.3 is 14.2 Å². The van der Waals surface area contributed by atoms with Crippen LogP contribution in [0.3, 0.4) is 0 Å². The van der Waals surface area contributed by atoms with Crippen molar-refractivity contribution in [3.05, 3.63) is 28.2 Å². The summed E-state index contributed by atoms with van der Waals surface area (Å²) in [5, 5.41) is -0.128. The number of rotatable bonds is 6. The molecule has 5 heteroatoms. The molecule has 0 aliphatic carbocycles. The molecule has 0 radical (unpaired) electrons. The lowest BCUT2D eigenvalue weighted by Crippen LogP contribution is -2.19. The van der Waals surface area contributed by atoms with Crippen molar-refractivity contribution < 1.29 is 14.2 Å². The largest absolute Gasteiger partial charge is 0.490 e. The lowest BCUT2D eigenvalue weighted by atomic mass is 9.97. The van der Waals surface area contributed by atoms with Gasteiger partial charge in [0.2, 0.25) is 0 Å². The molecule has 0 amide bonds. The fraction of sp³-hybridized carbons (Fsp3) is 0.600. The summed E-state index contributed by atoms with van der Waals surface area (Å²) in [4.78, 5) is 0. The van der Waals surface area contributed by atoms with Gasteiger partial charge in [-0.15, -0.1) is 11.6 Å². The Balaban J connectivity index is 2.04. The van der Waals surface area contributed by atoms with Crippen LogP contribution >= 0.6 is 27.5 Å². The highest BCUT2D eigenvalue weighted by atomic mass is 79.9. The van der Waals surface area contributed by atoms with Crippen LogP contribution in [-0.4, -0.2) is 33.0 Å². The molecule has 1 fully saturated rings. The van der Waals surface area contributed by atoms with E-state index in [0.717, 1.165) is 28.8 Å². The summed E-state index contributed by atoms with van der Waals surface area (Å²) in [6.45, 7) is 4.08. The van der Waals surface area contributed by atoms with Gasteiger partial charge in [-0.3, -0.25) is 0 Å². The highest BCUT2D eigenvalue weighted by Crippen LogP contribution is 2.38. The lowest BCUT2D eigenvalue weighted by Gasteiger charge is -2.21. The molecule has 3 atom stereocenters. The number of halogens is 2. The number of benzene rings is 1. The van der Waals surface area contributed by atoms with Crippen molar-refractivity contribution >= 4 is 27.5 Å². The van der Waals surface area contributed by atoms with Crippen LogP contribution in [0.5, 0.6) is 5.75 Å². The van der Waals surface area contributed by atoms with Crippen molar-refractivity contribution in [2.24, 2.45) is 5.92 Å². The number of hydrogen-bond acceptors (Lipinski definition) is 3. The summed E-state index contributed by atoms with van der Waals surface area (Å²) in [6, 6.07) is 5.94. The molecule has 3 nitrogen and oxygen atoms in total. The Bertz CT molecular complexity index is 441. The Hall–Kier alpha value is -0.290. The van der Waals surface area contributed by atoms with Crippen LogP contribution in [0.1, 0.15) is 24.3 Å². The number of ether oxygens (including phenoxy) is 3. The van der Waals surface area contributed by atoms with Gasteiger partial charge >= 0.3 is 0 Å². The topological polar surface area (TPSA) is 27.7 Å². The maximum Gasteiger partial charge on any atom is 0.133 e. The maximum atomic E-state index is 6.55. The van der Waals surface area contributed by atoms with E-state index in [1.807, 2.05) is 18.2 Å². The second-order valence-electron chi connectivity index (χ2n) is 5.03. The third-order valence-corrected chi connectivity index (χ3v) is 4.67. The van der Waals surface area contributed by atoms with Gasteiger partial charge in [0.05, 0.1) is 22.6 Å². The van der Waals surface area contributed by atoms with E-state index in [1.54, 1.807) is 7.11 Å². The molecule has 0 bridgehead atoms. The standard InChI is InChI=1S/C15H20BrClO3/c1-10-5-6-20-15(10)14(17)11-3-4-13(12(16)9-11)19-8-7-18-2/h3-4,9-10,14-15H,5-8H2,1-2H3. The molecule has 0 aromatic heterocycles. The predicted molar refractivity (Wildman–Crippen MR) is 83.6 cm³/mol. The van der Waals surface area contributed by atoms with E-state index in [2.05, 4.69) is 22.9 Å². The van der Waals surface area contributed by atoms with E-state index in [0.29, 0.717) is 19.1 Å². The van der Waals surface area contributed by atoms with Gasteiger partial charge in [-0.1, -0.05) is 13.0 Å². The van der Waals surface area contributed by atoms with Crippen molar-refractivity contribution in [2.75, 3.05) is 26.9 Å². The maximum absolute atomic E-state index is 6.55. The molecule has 1 saturated heterocycles. The van der Waals surface area contributed by atoms with Gasteiger partial charge in [0.1, 0.15) is 12.4 Å². The molecular formula is C15H20BrClO3. The Morgan fingerprint density at radius 3 is 2.85 bits per heavy atom. The van der Waals surface area contributed by atoms with Crippen LogP contribution in [0, 0.1) is 5.92 Å². The molecule has 3 unspecified atom stereocenters. The lowest BCUT2D eigenvalue weighted by molar-refractivity contribution is 0.0903. The highest BCUT2D eigenvalue weighted by Gasteiger charge is 2.32. The third kappa shape index (κ3) is 3.88. The minimum atomic E-state index is -0.128. The fourth-order valence-electron chi connectivity index (χ4n) is 2.32. The molecule has 0 N–H and O–H groups in total. The van der Waals surface area contributed by atoms with Gasteiger partial charge in [-0.05, 0) is 46.0 Å². The van der Waals surface area contributed by atoms with Crippen molar-refractivity contribution in [2.45, 2.75) is 24.8 Å². The van der Waals surface area contributed by atoms with Gasteiger partial charge in [-0.25, -0.2) is 0 Å². The Labute approximate surface area is 133 Å². The first-order chi connectivity index (χ1) is 9.63. The van der Waals surface area contributed by atoms with E-state index >= 15 is 0 Å². The SMILES string of the molecule is COCCOc1ccc(C(Cl)C2OCCC2C)cc1Br. The molecule has 1 heterocycles. The zero-order chi connectivity index (χ0) is 14.5. The fourth-order valence-corrected chi connectivity index (χ4v) is 3.29. The third-order valence-electron chi connectivity index (χ3n) is 3.55. The Kier molecular flexibility index (Phi) is 6.15. The molecular weight excluding hydrogens is 344 g/mol. The highest BCUT2D eigenvalue weighted by molar-refractivity contribution is 9.10. The van der Waals surface area contributed by atoms with Crippen LogP contribution in [0.4, 0.5) is 0 Å². The summed E-state index contributed by atoms with van der Waals surface area (Å²) in [7, 11) is 1.66. The second kappa shape index (κ2) is 7.64. The van der Waals surface area contributed by atoms with E-state index in [-0.39, 0.29) is 11.5 Å². The van der Waals surface area contributed by atoms with Crippen LogP contribution in [0.2, 0.25) is 0 Å². The molecule has 1 aliphatic heterocycles. The molecule has 20 heavy (non-hydrogen) atoms. The number of methoxy groups -OCH3 is 1. The summed E-state index contributed by atoms with van der Waals surface area (Å²) >= 11 is 10.1. The quantitative estimate of drug-likeness (QED) is 0.560. The van der Waals surface area contributed by atoms with Crippen LogP contribution in [0.15, 0.2) is 22.7 Å². The summed E-state index contributed by atoms with van der Waals surface area (Å²) in [5.74, 6) is 1.30. The van der Waals surface area contributed by atoms with Crippen LogP contribution < -0.4 is 4.74 Å².